The lowest BCUT2D eigenvalue weighted by molar-refractivity contribution is -0.136. The van der Waals surface area contributed by atoms with Crippen molar-refractivity contribution in [2.75, 3.05) is 0 Å². The molecule has 0 spiro atoms. The Hall–Kier alpha value is -4.32. The van der Waals surface area contributed by atoms with Crippen molar-refractivity contribution in [2.24, 2.45) is 0 Å². The van der Waals surface area contributed by atoms with E-state index in [-0.39, 0.29) is 25.7 Å². The van der Waals surface area contributed by atoms with Gasteiger partial charge in [-0.05, 0) is 106 Å². The molecule has 0 heterocycles. The lowest BCUT2D eigenvalue weighted by Gasteiger charge is -2.35. The molecule has 2 aliphatic rings. The van der Waals surface area contributed by atoms with Gasteiger partial charge in [0.1, 0.15) is 0 Å². The molecule has 2 aliphatic carbocycles. The first-order valence-electron chi connectivity index (χ1n) is 16.1. The van der Waals surface area contributed by atoms with Gasteiger partial charge in [0.05, 0.1) is 5.41 Å². The molecule has 0 nitrogen and oxygen atoms in total. The van der Waals surface area contributed by atoms with Gasteiger partial charge in [-0.3, -0.25) is 0 Å². The Balaban J connectivity index is 1.53. The quantitative estimate of drug-likeness (QED) is 0.145. The number of fused-ring (bicyclic) bond motifs is 6. The van der Waals surface area contributed by atoms with Crippen LogP contribution in [0.25, 0.3) is 22.3 Å². The summed E-state index contributed by atoms with van der Waals surface area (Å²) in [4.78, 5) is 0. The maximum absolute atomic E-state index is 13.5. The smallest absolute Gasteiger partial charge is 0.171 e. The summed E-state index contributed by atoms with van der Waals surface area (Å²) in [5, 5.41) is 0. The van der Waals surface area contributed by atoms with E-state index in [0.29, 0.717) is 0 Å². The summed E-state index contributed by atoms with van der Waals surface area (Å²) >= 11 is 0. The van der Waals surface area contributed by atoms with E-state index in [1.54, 1.807) is 0 Å². The first kappa shape index (κ1) is 31.3. The van der Waals surface area contributed by atoms with Crippen molar-refractivity contribution in [1.29, 1.82) is 0 Å². The van der Waals surface area contributed by atoms with Crippen LogP contribution in [-0.4, -0.2) is 12.4 Å². The van der Waals surface area contributed by atoms with Crippen LogP contribution < -0.4 is 0 Å². The van der Waals surface area contributed by atoms with Crippen molar-refractivity contribution < 1.29 is 26.3 Å². The number of hydrogen-bond donors (Lipinski definition) is 0. The molecule has 0 bridgehead atoms. The predicted molar refractivity (Wildman–Crippen MR) is 175 cm³/mol. The maximum atomic E-state index is 13.5. The number of halogens is 6. The van der Waals surface area contributed by atoms with Crippen LogP contribution in [-0.2, 0) is 10.8 Å². The number of aryl methyl sites for hydroxylation is 1. The molecule has 0 aliphatic heterocycles. The summed E-state index contributed by atoms with van der Waals surface area (Å²) in [7, 11) is 0. The fraction of sp³-hybridized carbons (Fsp3) is 0.268. The van der Waals surface area contributed by atoms with E-state index in [4.69, 9.17) is 0 Å². The summed E-state index contributed by atoms with van der Waals surface area (Å²) in [5.74, 6) is 0. The first-order chi connectivity index (χ1) is 22.5. The van der Waals surface area contributed by atoms with Crippen LogP contribution in [0.15, 0.2) is 115 Å². The average Bonchev–Trinajstić information content (AvgIpc) is 3.48. The molecule has 0 radical (unpaired) electrons. The number of hydrogen-bond acceptors (Lipinski definition) is 0. The van der Waals surface area contributed by atoms with E-state index in [2.05, 4.69) is 48.5 Å². The highest BCUT2D eigenvalue weighted by Crippen LogP contribution is 2.62. The van der Waals surface area contributed by atoms with Gasteiger partial charge in [0.2, 0.25) is 0 Å². The molecule has 5 aromatic rings. The van der Waals surface area contributed by atoms with Crippen LogP contribution in [0.3, 0.4) is 0 Å². The van der Waals surface area contributed by atoms with E-state index in [9.17, 15) is 26.3 Å². The SMILES string of the molecule is Cc1cccc2c1-c1cc3c(cc1C2(CCCC(F)(F)F)CCCC(F)(F)F)-c1ccccc1C3(c1ccccc1)c1ccccc1. The Morgan fingerprint density at radius 3 is 1.57 bits per heavy atom. The monoisotopic (exact) mass is 640 g/mol. The minimum Gasteiger partial charge on any atom is -0.171 e. The zero-order valence-electron chi connectivity index (χ0n) is 26.0. The van der Waals surface area contributed by atoms with Crippen LogP contribution in [0.2, 0.25) is 0 Å². The third kappa shape index (κ3) is 5.17. The Bertz CT molecular complexity index is 1860. The highest BCUT2D eigenvalue weighted by Gasteiger charge is 2.50. The highest BCUT2D eigenvalue weighted by atomic mass is 19.4. The fourth-order valence-electron chi connectivity index (χ4n) is 8.50. The number of benzene rings is 5. The van der Waals surface area contributed by atoms with Gasteiger partial charge in [-0.25, -0.2) is 0 Å². The van der Waals surface area contributed by atoms with Crippen LogP contribution in [0, 0.1) is 6.92 Å². The molecule has 0 aromatic heterocycles. The third-order valence-corrected chi connectivity index (χ3v) is 10.3. The molecule has 0 atom stereocenters. The molecular formula is C41H34F6. The van der Waals surface area contributed by atoms with Gasteiger partial charge >= 0.3 is 12.4 Å². The Morgan fingerprint density at radius 2 is 1.00 bits per heavy atom. The zero-order chi connectivity index (χ0) is 33.0. The second-order valence-electron chi connectivity index (χ2n) is 13.0. The standard InChI is InChI=1S/C41H34F6/c1-27-13-10-20-34-37(27)32-26-36-31(25-35(32)38(34,21-11-23-39(42,43)44)22-12-24-40(45,46)47)30-18-8-9-19-33(30)41(36,28-14-4-2-5-15-28)29-16-6-3-7-17-29/h2-10,13-20,25-26H,11-12,21-24H2,1H3. The normalized spacial score (nSPS) is 15.6. The minimum atomic E-state index is -4.36. The summed E-state index contributed by atoms with van der Waals surface area (Å²) in [6.07, 6.45) is -10.8. The molecule has 0 fully saturated rings. The van der Waals surface area contributed by atoms with Gasteiger partial charge < -0.3 is 0 Å². The zero-order valence-corrected chi connectivity index (χ0v) is 26.0. The molecule has 0 N–H and O–H groups in total. The van der Waals surface area contributed by atoms with Crippen molar-refractivity contribution in [3.63, 3.8) is 0 Å². The van der Waals surface area contributed by atoms with E-state index in [1.165, 1.54) is 0 Å². The lowest BCUT2D eigenvalue weighted by Crippen LogP contribution is -2.29. The first-order valence-corrected chi connectivity index (χ1v) is 16.1. The molecule has 0 saturated carbocycles. The highest BCUT2D eigenvalue weighted by molar-refractivity contribution is 5.93. The summed E-state index contributed by atoms with van der Waals surface area (Å²) < 4.78 is 81.1. The maximum Gasteiger partial charge on any atom is 0.389 e. The third-order valence-electron chi connectivity index (χ3n) is 10.3. The molecule has 0 saturated heterocycles. The summed E-state index contributed by atoms with van der Waals surface area (Å²) in [6.45, 7) is 1.98. The van der Waals surface area contributed by atoms with E-state index in [1.807, 2.05) is 73.7 Å². The van der Waals surface area contributed by atoms with Gasteiger partial charge in [-0.1, -0.05) is 103 Å². The largest absolute Gasteiger partial charge is 0.389 e. The Kier molecular flexibility index (Phi) is 7.61. The van der Waals surface area contributed by atoms with Crippen molar-refractivity contribution >= 4 is 0 Å². The Morgan fingerprint density at radius 1 is 0.489 bits per heavy atom. The minimum absolute atomic E-state index is 0.108. The van der Waals surface area contributed by atoms with Gasteiger partial charge in [0.15, 0.2) is 0 Å². The number of rotatable bonds is 8. The molecule has 5 aromatic carbocycles. The van der Waals surface area contributed by atoms with Crippen LogP contribution in [0.5, 0.6) is 0 Å². The molecule has 7 rings (SSSR count). The van der Waals surface area contributed by atoms with E-state index >= 15 is 0 Å². The van der Waals surface area contributed by atoms with Crippen molar-refractivity contribution in [1.82, 2.24) is 0 Å². The molecule has 0 amide bonds. The second-order valence-corrected chi connectivity index (χ2v) is 13.0. The van der Waals surface area contributed by atoms with Gasteiger partial charge in [-0.15, -0.1) is 0 Å². The molecule has 47 heavy (non-hydrogen) atoms. The fourth-order valence-corrected chi connectivity index (χ4v) is 8.50. The predicted octanol–water partition coefficient (Wildman–Crippen LogP) is 12.1. The molecule has 240 valence electrons. The average molecular weight is 641 g/mol. The van der Waals surface area contributed by atoms with Gasteiger partial charge in [0.25, 0.3) is 0 Å². The van der Waals surface area contributed by atoms with Crippen molar-refractivity contribution in [3.8, 4) is 22.3 Å². The molecule has 6 heteroatoms. The van der Waals surface area contributed by atoms with Gasteiger partial charge in [0, 0.05) is 18.3 Å². The topological polar surface area (TPSA) is 0 Å². The summed E-state index contributed by atoms with van der Waals surface area (Å²) in [5.41, 5.74) is 9.10. The Labute approximate surface area is 271 Å². The lowest BCUT2D eigenvalue weighted by atomic mass is 9.67. The van der Waals surface area contributed by atoms with Crippen LogP contribution >= 0.6 is 0 Å². The van der Waals surface area contributed by atoms with Gasteiger partial charge in [-0.2, -0.15) is 26.3 Å². The van der Waals surface area contributed by atoms with Crippen LogP contribution in [0.1, 0.15) is 77.5 Å². The van der Waals surface area contributed by atoms with E-state index < -0.39 is 36.0 Å². The second kappa shape index (κ2) is 11.4. The van der Waals surface area contributed by atoms with Crippen LogP contribution in [0.4, 0.5) is 26.3 Å². The number of alkyl halides is 6. The molecule has 0 unspecified atom stereocenters. The molecular weight excluding hydrogens is 606 g/mol. The van der Waals surface area contributed by atoms with Crippen molar-refractivity contribution in [2.45, 2.75) is 68.6 Å². The van der Waals surface area contributed by atoms with E-state index in [0.717, 1.165) is 61.2 Å². The van der Waals surface area contributed by atoms with Crippen molar-refractivity contribution in [3.05, 3.63) is 154 Å². The summed E-state index contributed by atoms with van der Waals surface area (Å²) in [6, 6.07) is 38.9.